The molecule has 1 atom stereocenters. The van der Waals surface area contributed by atoms with Crippen LogP contribution < -0.4 is 0 Å². The molecule has 0 saturated carbocycles. The Kier molecular flexibility index (Phi) is 6.49. The molecule has 0 radical (unpaired) electrons. The zero-order valence-electron chi connectivity index (χ0n) is 8.89. The first kappa shape index (κ1) is 13.0. The van der Waals surface area contributed by atoms with Gasteiger partial charge in [-0.1, -0.05) is 0 Å². The van der Waals surface area contributed by atoms with Crippen molar-refractivity contribution in [2.45, 2.75) is 51.7 Å². The Hall–Kier alpha value is 0.0284. The number of hydrogen-bond donors (Lipinski definition) is 1. The van der Waals surface area contributed by atoms with E-state index in [0.717, 1.165) is 11.6 Å². The standard InChI is InChI=1S/C10H21AsO2/c1-10(2,3)7-5-4-6-8-11-9(12)13/h11H,4-8H2,1-3H3,(H,12,13). The summed E-state index contributed by atoms with van der Waals surface area (Å²) in [5, 5.41) is 9.41. The van der Waals surface area contributed by atoms with E-state index in [1.54, 1.807) is 0 Å². The van der Waals surface area contributed by atoms with Gasteiger partial charge in [0, 0.05) is 0 Å². The molecule has 0 rings (SSSR count). The fourth-order valence-corrected chi connectivity index (χ4v) is 2.50. The van der Waals surface area contributed by atoms with Crippen molar-refractivity contribution in [1.82, 2.24) is 0 Å². The maximum absolute atomic E-state index is 10.2. The van der Waals surface area contributed by atoms with Crippen LogP contribution in [0, 0.1) is 5.41 Å². The van der Waals surface area contributed by atoms with Crippen LogP contribution in [0.1, 0.15) is 46.5 Å². The van der Waals surface area contributed by atoms with Crippen molar-refractivity contribution in [3.8, 4) is 0 Å². The van der Waals surface area contributed by atoms with Crippen LogP contribution >= 0.6 is 0 Å². The second-order valence-corrected chi connectivity index (χ2v) is 7.29. The summed E-state index contributed by atoms with van der Waals surface area (Å²) >= 11 is -0.687. The fraction of sp³-hybridized carbons (Fsp3) is 0.900. The Bertz CT molecular complexity index is 149. The topological polar surface area (TPSA) is 37.3 Å². The van der Waals surface area contributed by atoms with E-state index in [4.69, 9.17) is 5.11 Å². The summed E-state index contributed by atoms with van der Waals surface area (Å²) in [7, 11) is 0. The molecule has 0 spiro atoms. The van der Waals surface area contributed by atoms with Gasteiger partial charge in [-0.15, -0.1) is 0 Å². The molecule has 78 valence electrons. The van der Waals surface area contributed by atoms with E-state index in [-0.39, 0.29) is 0 Å². The molecular formula is C10H21AsO2. The Morgan fingerprint density at radius 1 is 1.23 bits per heavy atom. The van der Waals surface area contributed by atoms with Gasteiger partial charge in [0.2, 0.25) is 0 Å². The van der Waals surface area contributed by atoms with E-state index in [1.165, 1.54) is 19.3 Å². The van der Waals surface area contributed by atoms with Crippen LogP contribution in [0.4, 0.5) is 4.79 Å². The van der Waals surface area contributed by atoms with Crippen LogP contribution in [-0.4, -0.2) is 25.6 Å². The number of carboxylic acid groups (broad SMARTS) is 1. The number of carbonyl (C=O) groups is 1. The molecule has 0 aliphatic carbocycles. The minimum absolute atomic E-state index is 0.434. The normalized spacial score (nSPS) is 12.5. The van der Waals surface area contributed by atoms with Gasteiger partial charge in [-0.05, 0) is 0 Å². The summed E-state index contributed by atoms with van der Waals surface area (Å²) < 4.78 is -0.546. The van der Waals surface area contributed by atoms with Gasteiger partial charge in [-0.2, -0.15) is 0 Å². The Balaban J connectivity index is 3.13. The van der Waals surface area contributed by atoms with E-state index < -0.39 is 20.5 Å². The van der Waals surface area contributed by atoms with Crippen molar-refractivity contribution in [2.24, 2.45) is 5.41 Å². The minimum atomic E-state index is -0.687. The first-order valence-electron chi connectivity index (χ1n) is 4.88. The van der Waals surface area contributed by atoms with E-state index >= 15 is 0 Å². The molecule has 3 heteroatoms. The first-order chi connectivity index (χ1) is 5.92. The zero-order valence-corrected chi connectivity index (χ0v) is 11.0. The van der Waals surface area contributed by atoms with Crippen LogP contribution in [0.2, 0.25) is 5.21 Å². The number of hydrogen-bond acceptors (Lipinski definition) is 1. The molecular weight excluding hydrogens is 227 g/mol. The summed E-state index contributed by atoms with van der Waals surface area (Å²) in [6, 6.07) is 0. The van der Waals surface area contributed by atoms with E-state index in [1.807, 2.05) is 0 Å². The van der Waals surface area contributed by atoms with E-state index in [2.05, 4.69) is 20.8 Å². The van der Waals surface area contributed by atoms with E-state index in [9.17, 15) is 4.79 Å². The first-order valence-corrected chi connectivity index (χ1v) is 7.42. The molecule has 0 aromatic heterocycles. The SMILES string of the molecule is CC(C)(C)CCCCC[AsH]C(=O)O. The van der Waals surface area contributed by atoms with Gasteiger partial charge in [0.15, 0.2) is 0 Å². The van der Waals surface area contributed by atoms with Crippen molar-refractivity contribution in [3.05, 3.63) is 0 Å². The fourth-order valence-electron chi connectivity index (χ4n) is 1.15. The van der Waals surface area contributed by atoms with Gasteiger partial charge in [-0.3, -0.25) is 0 Å². The van der Waals surface area contributed by atoms with Crippen LogP contribution in [0.3, 0.4) is 0 Å². The molecule has 0 heterocycles. The van der Waals surface area contributed by atoms with Crippen molar-refractivity contribution in [3.63, 3.8) is 0 Å². The molecule has 1 N–H and O–H groups in total. The second kappa shape index (κ2) is 6.48. The molecule has 0 aliphatic heterocycles. The third kappa shape index (κ3) is 12.0. The molecule has 0 amide bonds. The van der Waals surface area contributed by atoms with Crippen molar-refractivity contribution < 1.29 is 9.90 Å². The van der Waals surface area contributed by atoms with Gasteiger partial charge in [0.1, 0.15) is 0 Å². The van der Waals surface area contributed by atoms with Gasteiger partial charge in [0.05, 0.1) is 0 Å². The molecule has 0 aromatic rings. The molecule has 0 bridgehead atoms. The van der Waals surface area contributed by atoms with Crippen molar-refractivity contribution >= 4 is 20.5 Å². The Morgan fingerprint density at radius 2 is 1.85 bits per heavy atom. The Morgan fingerprint density at radius 3 is 2.31 bits per heavy atom. The summed E-state index contributed by atoms with van der Waals surface area (Å²) in [5.41, 5.74) is 0.434. The van der Waals surface area contributed by atoms with Gasteiger partial charge >= 0.3 is 87.5 Å². The summed E-state index contributed by atoms with van der Waals surface area (Å²) in [6.45, 7) is 6.74. The average molecular weight is 248 g/mol. The number of unbranched alkanes of at least 4 members (excludes halogenated alkanes) is 2. The van der Waals surface area contributed by atoms with Crippen LogP contribution in [0.15, 0.2) is 0 Å². The van der Waals surface area contributed by atoms with Gasteiger partial charge < -0.3 is 0 Å². The molecule has 13 heavy (non-hydrogen) atoms. The summed E-state index contributed by atoms with van der Waals surface area (Å²) in [6.07, 6.45) is 4.81. The monoisotopic (exact) mass is 248 g/mol. The summed E-state index contributed by atoms with van der Waals surface area (Å²) in [5.74, 6) is 0. The number of rotatable bonds is 6. The Labute approximate surface area is 87.8 Å². The third-order valence-corrected chi connectivity index (χ3v) is 3.78. The molecule has 0 saturated heterocycles. The zero-order chi connectivity index (χ0) is 10.3. The quantitative estimate of drug-likeness (QED) is 0.579. The second-order valence-electron chi connectivity index (χ2n) is 4.60. The van der Waals surface area contributed by atoms with Gasteiger partial charge in [0.25, 0.3) is 0 Å². The van der Waals surface area contributed by atoms with Gasteiger partial charge in [-0.25, -0.2) is 0 Å². The summed E-state index contributed by atoms with van der Waals surface area (Å²) in [4.78, 5) is 10.2. The van der Waals surface area contributed by atoms with Crippen molar-refractivity contribution in [1.29, 1.82) is 0 Å². The van der Waals surface area contributed by atoms with Crippen LogP contribution in [0.25, 0.3) is 0 Å². The van der Waals surface area contributed by atoms with E-state index in [0.29, 0.717) is 5.41 Å². The third-order valence-electron chi connectivity index (χ3n) is 1.88. The van der Waals surface area contributed by atoms with Crippen LogP contribution in [-0.2, 0) is 0 Å². The maximum atomic E-state index is 10.2. The molecule has 0 aliphatic rings. The molecule has 1 unspecified atom stereocenters. The van der Waals surface area contributed by atoms with Crippen LogP contribution in [0.5, 0.6) is 0 Å². The molecule has 0 fully saturated rings. The van der Waals surface area contributed by atoms with Crippen molar-refractivity contribution in [2.75, 3.05) is 0 Å². The predicted molar refractivity (Wildman–Crippen MR) is 57.9 cm³/mol. The average Bonchev–Trinajstić information content (AvgIpc) is 1.93. The molecule has 0 aromatic carbocycles. The predicted octanol–water partition coefficient (Wildman–Crippen LogP) is 3.13. The molecule has 2 nitrogen and oxygen atoms in total.